The zero-order chi connectivity index (χ0) is 16.1. The number of hydrogen-bond donors (Lipinski definition) is 1. The molecule has 23 heavy (non-hydrogen) atoms. The van der Waals surface area contributed by atoms with Crippen LogP contribution in [0.1, 0.15) is 28.7 Å². The summed E-state index contributed by atoms with van der Waals surface area (Å²) in [6.45, 7) is 0.372. The SMILES string of the molecule is CO/N=C(\COc1ccc(CO)cc1)c1ccc2c(c1)CCC2. The van der Waals surface area contributed by atoms with Gasteiger partial charge in [0.05, 0.1) is 6.61 Å². The summed E-state index contributed by atoms with van der Waals surface area (Å²) in [4.78, 5) is 4.98. The fourth-order valence-electron chi connectivity index (χ4n) is 2.87. The molecule has 0 bridgehead atoms. The molecule has 4 heteroatoms. The zero-order valence-corrected chi connectivity index (χ0v) is 13.3. The van der Waals surface area contributed by atoms with Crippen molar-refractivity contribution in [3.8, 4) is 5.75 Å². The fraction of sp³-hybridized carbons (Fsp3) is 0.316. The van der Waals surface area contributed by atoms with E-state index >= 15 is 0 Å². The molecule has 4 nitrogen and oxygen atoms in total. The minimum Gasteiger partial charge on any atom is -0.487 e. The minimum absolute atomic E-state index is 0.0335. The number of ether oxygens (including phenoxy) is 1. The number of fused-ring (bicyclic) bond motifs is 1. The van der Waals surface area contributed by atoms with Gasteiger partial charge < -0.3 is 14.7 Å². The molecule has 0 saturated heterocycles. The summed E-state index contributed by atoms with van der Waals surface area (Å²) in [5.41, 5.74) is 5.51. The molecule has 1 aliphatic carbocycles. The number of oxime groups is 1. The Morgan fingerprint density at radius 3 is 2.61 bits per heavy atom. The van der Waals surface area contributed by atoms with Crippen LogP contribution >= 0.6 is 0 Å². The summed E-state index contributed by atoms with van der Waals surface area (Å²) in [5.74, 6) is 0.743. The maximum Gasteiger partial charge on any atom is 0.134 e. The van der Waals surface area contributed by atoms with Crippen molar-refractivity contribution in [1.29, 1.82) is 0 Å². The van der Waals surface area contributed by atoms with Crippen LogP contribution in [0.2, 0.25) is 0 Å². The Bertz CT molecular complexity index is 692. The van der Waals surface area contributed by atoms with Crippen molar-refractivity contribution in [3.05, 3.63) is 64.7 Å². The fourth-order valence-corrected chi connectivity index (χ4v) is 2.87. The van der Waals surface area contributed by atoms with E-state index in [-0.39, 0.29) is 6.61 Å². The van der Waals surface area contributed by atoms with Crippen LogP contribution in [-0.2, 0) is 24.3 Å². The molecule has 0 aliphatic heterocycles. The number of nitrogens with zero attached hydrogens (tertiary/aromatic N) is 1. The number of rotatable bonds is 6. The van der Waals surface area contributed by atoms with Gasteiger partial charge in [0.25, 0.3) is 0 Å². The average Bonchev–Trinajstić information content (AvgIpc) is 3.06. The Hall–Kier alpha value is -2.33. The Kier molecular flexibility index (Phi) is 4.93. The molecule has 0 spiro atoms. The van der Waals surface area contributed by atoms with E-state index in [0.717, 1.165) is 29.0 Å². The third-order valence-electron chi connectivity index (χ3n) is 4.11. The molecule has 0 unspecified atom stereocenters. The highest BCUT2D eigenvalue weighted by molar-refractivity contribution is 6.01. The summed E-state index contributed by atoms with van der Waals surface area (Å²) in [7, 11) is 1.55. The zero-order valence-electron chi connectivity index (χ0n) is 13.3. The smallest absolute Gasteiger partial charge is 0.134 e. The summed E-state index contributed by atoms with van der Waals surface area (Å²) >= 11 is 0. The van der Waals surface area contributed by atoms with Gasteiger partial charge >= 0.3 is 0 Å². The molecule has 0 saturated carbocycles. The van der Waals surface area contributed by atoms with Crippen molar-refractivity contribution in [2.75, 3.05) is 13.7 Å². The predicted molar refractivity (Wildman–Crippen MR) is 89.9 cm³/mol. The van der Waals surface area contributed by atoms with Crippen LogP contribution < -0.4 is 4.74 Å². The topological polar surface area (TPSA) is 51.0 Å². The van der Waals surface area contributed by atoms with E-state index in [1.807, 2.05) is 24.3 Å². The molecular weight excluding hydrogens is 290 g/mol. The van der Waals surface area contributed by atoms with E-state index in [9.17, 15) is 0 Å². The van der Waals surface area contributed by atoms with Crippen LogP contribution in [-0.4, -0.2) is 24.5 Å². The monoisotopic (exact) mass is 311 g/mol. The van der Waals surface area contributed by atoms with Gasteiger partial charge in [0.2, 0.25) is 0 Å². The summed E-state index contributed by atoms with van der Waals surface area (Å²) in [6.07, 6.45) is 3.52. The Morgan fingerprint density at radius 2 is 1.87 bits per heavy atom. The van der Waals surface area contributed by atoms with Gasteiger partial charge in [-0.25, -0.2) is 0 Å². The van der Waals surface area contributed by atoms with Crippen molar-refractivity contribution in [3.63, 3.8) is 0 Å². The molecule has 1 aliphatic rings. The lowest BCUT2D eigenvalue weighted by molar-refractivity contribution is 0.210. The first-order valence-corrected chi connectivity index (χ1v) is 7.85. The number of aliphatic hydroxyl groups is 1. The average molecular weight is 311 g/mol. The van der Waals surface area contributed by atoms with Gasteiger partial charge in [-0.1, -0.05) is 29.4 Å². The van der Waals surface area contributed by atoms with Gasteiger partial charge in [-0.2, -0.15) is 0 Å². The normalized spacial score (nSPS) is 13.7. The quantitative estimate of drug-likeness (QED) is 0.659. The van der Waals surface area contributed by atoms with Crippen LogP contribution in [0.3, 0.4) is 0 Å². The molecule has 0 radical (unpaired) electrons. The largest absolute Gasteiger partial charge is 0.487 e. The highest BCUT2D eigenvalue weighted by Gasteiger charge is 2.14. The van der Waals surface area contributed by atoms with Gasteiger partial charge in [0.1, 0.15) is 25.2 Å². The number of benzene rings is 2. The van der Waals surface area contributed by atoms with Gasteiger partial charge in [0, 0.05) is 5.56 Å². The van der Waals surface area contributed by atoms with Crippen molar-refractivity contribution < 1.29 is 14.7 Å². The molecule has 0 fully saturated rings. The van der Waals surface area contributed by atoms with Gasteiger partial charge in [-0.15, -0.1) is 0 Å². The number of hydrogen-bond acceptors (Lipinski definition) is 4. The van der Waals surface area contributed by atoms with Crippen molar-refractivity contribution in [2.24, 2.45) is 5.16 Å². The maximum atomic E-state index is 9.07. The highest BCUT2D eigenvalue weighted by Crippen LogP contribution is 2.23. The first kappa shape index (κ1) is 15.6. The van der Waals surface area contributed by atoms with E-state index < -0.39 is 0 Å². The second kappa shape index (κ2) is 7.29. The first-order valence-electron chi connectivity index (χ1n) is 7.85. The van der Waals surface area contributed by atoms with Gasteiger partial charge in [-0.05, 0) is 54.2 Å². The lowest BCUT2D eigenvalue weighted by atomic mass is 10.0. The molecule has 120 valence electrons. The first-order chi connectivity index (χ1) is 11.3. The van der Waals surface area contributed by atoms with Crippen molar-refractivity contribution in [2.45, 2.75) is 25.9 Å². The standard InChI is InChI=1S/C19H21NO3/c1-22-20-19(13-23-18-9-5-14(12-21)6-10-18)17-8-7-15-3-2-4-16(15)11-17/h5-11,21H,2-4,12-13H2,1H3/b20-19+. The lowest BCUT2D eigenvalue weighted by Crippen LogP contribution is -2.14. The molecular formula is C19H21NO3. The molecule has 0 amide bonds. The van der Waals surface area contributed by atoms with E-state index in [1.54, 1.807) is 7.11 Å². The maximum absolute atomic E-state index is 9.07. The molecule has 2 aromatic rings. The summed E-state index contributed by atoms with van der Waals surface area (Å²) in [6, 6.07) is 13.8. The molecule has 0 heterocycles. The third kappa shape index (κ3) is 3.71. The molecule has 2 aromatic carbocycles. The van der Waals surface area contributed by atoms with Crippen LogP contribution in [0.25, 0.3) is 0 Å². The second-order valence-electron chi connectivity index (χ2n) is 5.65. The number of aryl methyl sites for hydroxylation is 2. The Balaban J connectivity index is 1.72. The minimum atomic E-state index is 0.0335. The van der Waals surface area contributed by atoms with E-state index in [4.69, 9.17) is 14.7 Å². The molecule has 0 atom stereocenters. The van der Waals surface area contributed by atoms with Gasteiger partial charge in [-0.3, -0.25) is 0 Å². The third-order valence-corrected chi connectivity index (χ3v) is 4.11. The van der Waals surface area contributed by atoms with Crippen molar-refractivity contribution in [1.82, 2.24) is 0 Å². The van der Waals surface area contributed by atoms with Crippen LogP contribution in [0.5, 0.6) is 5.75 Å². The van der Waals surface area contributed by atoms with Crippen LogP contribution in [0, 0.1) is 0 Å². The van der Waals surface area contributed by atoms with E-state index in [1.165, 1.54) is 24.0 Å². The second-order valence-corrected chi connectivity index (χ2v) is 5.65. The van der Waals surface area contributed by atoms with E-state index in [0.29, 0.717) is 6.61 Å². The Labute approximate surface area is 136 Å². The molecule has 0 aromatic heterocycles. The van der Waals surface area contributed by atoms with Crippen molar-refractivity contribution >= 4 is 5.71 Å². The van der Waals surface area contributed by atoms with E-state index in [2.05, 4.69) is 23.4 Å². The van der Waals surface area contributed by atoms with Gasteiger partial charge in [0.15, 0.2) is 0 Å². The number of aliphatic hydroxyl groups excluding tert-OH is 1. The molecule has 3 rings (SSSR count). The lowest BCUT2D eigenvalue weighted by Gasteiger charge is -2.10. The summed E-state index contributed by atoms with van der Waals surface area (Å²) < 4.78 is 5.80. The van der Waals surface area contributed by atoms with Crippen LogP contribution in [0.4, 0.5) is 0 Å². The highest BCUT2D eigenvalue weighted by atomic mass is 16.6. The predicted octanol–water partition coefficient (Wildman–Crippen LogP) is 3.10. The van der Waals surface area contributed by atoms with Crippen LogP contribution in [0.15, 0.2) is 47.6 Å². The summed E-state index contributed by atoms with van der Waals surface area (Å²) in [5, 5.41) is 13.2. The molecule has 1 N–H and O–H groups in total. The Morgan fingerprint density at radius 1 is 1.09 bits per heavy atom.